The molecule has 6 heteroatoms. The zero-order chi connectivity index (χ0) is 13.7. The Kier molecular flexibility index (Phi) is 4.82. The van der Waals surface area contributed by atoms with Crippen LogP contribution in [-0.4, -0.2) is 26.5 Å². The number of hydrogen-bond acceptors (Lipinski definition) is 3. The summed E-state index contributed by atoms with van der Waals surface area (Å²) in [5.74, 6) is 1.25. The van der Waals surface area contributed by atoms with Crippen LogP contribution in [0.3, 0.4) is 0 Å². The second-order valence-electron chi connectivity index (χ2n) is 4.21. The van der Waals surface area contributed by atoms with Crippen LogP contribution >= 0.6 is 23.4 Å². The van der Waals surface area contributed by atoms with Crippen LogP contribution in [0.15, 0.2) is 36.7 Å². The molecule has 0 saturated heterocycles. The van der Waals surface area contributed by atoms with Gasteiger partial charge in [-0.3, -0.25) is 0 Å². The first-order valence-corrected chi connectivity index (χ1v) is 7.54. The summed E-state index contributed by atoms with van der Waals surface area (Å²) >= 11 is 7.42. The van der Waals surface area contributed by atoms with Gasteiger partial charge in [0.2, 0.25) is 0 Å². The monoisotopic (exact) mass is 299 g/mol. The molecule has 0 N–H and O–H groups in total. The summed E-state index contributed by atoms with van der Waals surface area (Å²) in [7, 11) is 0. The minimum atomic E-state index is -1.47. The Morgan fingerprint density at radius 3 is 2.68 bits per heavy atom. The second kappa shape index (κ2) is 6.39. The molecule has 102 valence electrons. The number of halogens is 2. The van der Waals surface area contributed by atoms with Crippen LogP contribution in [0.25, 0.3) is 0 Å². The fraction of sp³-hybridized carbons (Fsp3) is 0.385. The van der Waals surface area contributed by atoms with Gasteiger partial charge in [-0.25, -0.2) is 9.07 Å². The lowest BCUT2D eigenvalue weighted by molar-refractivity contribution is 0.160. The molecule has 0 saturated carbocycles. The molecule has 1 aromatic carbocycles. The minimum Gasteiger partial charge on any atom is -0.249 e. The highest BCUT2D eigenvalue weighted by Crippen LogP contribution is 2.32. The quantitative estimate of drug-likeness (QED) is 0.817. The molecule has 1 unspecified atom stereocenters. The predicted octanol–water partition coefficient (Wildman–Crippen LogP) is 3.55. The molecule has 1 heterocycles. The molecule has 1 atom stereocenters. The summed E-state index contributed by atoms with van der Waals surface area (Å²) in [6, 6.07) is 6.89. The van der Waals surface area contributed by atoms with Gasteiger partial charge in [0.25, 0.3) is 0 Å². The van der Waals surface area contributed by atoms with Crippen LogP contribution in [0.2, 0.25) is 5.02 Å². The molecular weight excluding hydrogens is 285 g/mol. The standard InChI is InChI=1S/C13H15ClFN3S/c1-2-19-10-13(15,9-18-8-7-16-17-18)11-3-5-12(14)6-4-11/h3-8H,2,9-10H2,1H3. The summed E-state index contributed by atoms with van der Waals surface area (Å²) in [4.78, 5) is 0. The summed E-state index contributed by atoms with van der Waals surface area (Å²) in [6.07, 6.45) is 3.22. The van der Waals surface area contributed by atoms with Gasteiger partial charge in [0.05, 0.1) is 12.7 Å². The van der Waals surface area contributed by atoms with E-state index in [2.05, 4.69) is 10.3 Å². The average Bonchev–Trinajstić information content (AvgIpc) is 2.90. The summed E-state index contributed by atoms with van der Waals surface area (Å²) in [5.41, 5.74) is -0.854. The molecule has 0 aliphatic carbocycles. The summed E-state index contributed by atoms with van der Waals surface area (Å²) < 4.78 is 16.8. The van der Waals surface area contributed by atoms with Crippen molar-refractivity contribution in [3.8, 4) is 0 Å². The predicted molar refractivity (Wildman–Crippen MR) is 77.3 cm³/mol. The van der Waals surface area contributed by atoms with Crippen LogP contribution in [0.5, 0.6) is 0 Å². The SMILES string of the molecule is CCSCC(F)(Cn1ccnn1)c1ccc(Cl)cc1. The second-order valence-corrected chi connectivity index (χ2v) is 5.92. The summed E-state index contributed by atoms with van der Waals surface area (Å²) in [6.45, 7) is 2.17. The van der Waals surface area contributed by atoms with Gasteiger partial charge < -0.3 is 0 Å². The Morgan fingerprint density at radius 2 is 2.11 bits per heavy atom. The average molecular weight is 300 g/mol. The first kappa shape index (κ1) is 14.3. The van der Waals surface area contributed by atoms with Crippen LogP contribution in [-0.2, 0) is 12.2 Å². The maximum absolute atomic E-state index is 15.3. The molecule has 0 fully saturated rings. The van der Waals surface area contributed by atoms with E-state index in [4.69, 9.17) is 11.6 Å². The van der Waals surface area contributed by atoms with Crippen LogP contribution in [0, 0.1) is 0 Å². The Hall–Kier alpha value is -1.07. The highest BCUT2D eigenvalue weighted by molar-refractivity contribution is 7.99. The van der Waals surface area contributed by atoms with Crippen molar-refractivity contribution >= 4 is 23.4 Å². The Bertz CT molecular complexity index is 503. The summed E-state index contributed by atoms with van der Waals surface area (Å²) in [5, 5.41) is 8.16. The third-order valence-electron chi connectivity index (χ3n) is 2.78. The first-order valence-electron chi connectivity index (χ1n) is 6.01. The van der Waals surface area contributed by atoms with Gasteiger partial charge in [-0.2, -0.15) is 11.8 Å². The molecule has 0 bridgehead atoms. The van der Waals surface area contributed by atoms with Crippen molar-refractivity contribution in [3.05, 3.63) is 47.2 Å². The van der Waals surface area contributed by atoms with E-state index in [9.17, 15) is 0 Å². The maximum atomic E-state index is 15.3. The van der Waals surface area contributed by atoms with Gasteiger partial charge in [0.15, 0.2) is 5.67 Å². The fourth-order valence-corrected chi connectivity index (χ4v) is 2.72. The molecule has 0 amide bonds. The topological polar surface area (TPSA) is 30.7 Å². The highest BCUT2D eigenvalue weighted by Gasteiger charge is 2.32. The van der Waals surface area contributed by atoms with Crippen LogP contribution in [0.1, 0.15) is 12.5 Å². The van der Waals surface area contributed by atoms with Crippen molar-refractivity contribution in [1.29, 1.82) is 0 Å². The Morgan fingerprint density at radius 1 is 1.37 bits per heavy atom. The largest absolute Gasteiger partial charge is 0.249 e. The van der Waals surface area contributed by atoms with E-state index in [1.165, 1.54) is 4.68 Å². The van der Waals surface area contributed by atoms with Crippen molar-refractivity contribution in [3.63, 3.8) is 0 Å². The van der Waals surface area contributed by atoms with Crippen molar-refractivity contribution in [2.24, 2.45) is 0 Å². The number of benzene rings is 1. The zero-order valence-corrected chi connectivity index (χ0v) is 12.2. The Labute approximate surface area is 121 Å². The van der Waals surface area contributed by atoms with Crippen molar-refractivity contribution in [2.75, 3.05) is 11.5 Å². The molecule has 19 heavy (non-hydrogen) atoms. The smallest absolute Gasteiger partial charge is 0.164 e. The molecule has 3 nitrogen and oxygen atoms in total. The van der Waals surface area contributed by atoms with Crippen LogP contribution in [0.4, 0.5) is 4.39 Å². The lowest BCUT2D eigenvalue weighted by atomic mass is 9.98. The van der Waals surface area contributed by atoms with E-state index in [1.807, 2.05) is 6.92 Å². The third-order valence-corrected chi connectivity index (χ3v) is 4.10. The molecule has 2 rings (SSSR count). The van der Waals surface area contributed by atoms with Gasteiger partial charge in [0, 0.05) is 17.0 Å². The van der Waals surface area contributed by atoms with Gasteiger partial charge in [-0.15, -0.1) is 5.10 Å². The lowest BCUT2D eigenvalue weighted by Crippen LogP contribution is -2.30. The van der Waals surface area contributed by atoms with E-state index in [-0.39, 0.29) is 6.54 Å². The number of nitrogens with zero attached hydrogens (tertiary/aromatic N) is 3. The van der Waals surface area contributed by atoms with Crippen molar-refractivity contribution in [1.82, 2.24) is 15.0 Å². The molecular formula is C13H15ClFN3S. The van der Waals surface area contributed by atoms with Crippen molar-refractivity contribution < 1.29 is 4.39 Å². The lowest BCUT2D eigenvalue weighted by Gasteiger charge is -2.25. The van der Waals surface area contributed by atoms with Gasteiger partial charge in [-0.05, 0) is 23.4 Å². The molecule has 2 aromatic rings. The van der Waals surface area contributed by atoms with Gasteiger partial charge >= 0.3 is 0 Å². The van der Waals surface area contributed by atoms with E-state index in [1.54, 1.807) is 48.4 Å². The molecule has 0 aliphatic rings. The van der Waals surface area contributed by atoms with E-state index < -0.39 is 5.67 Å². The van der Waals surface area contributed by atoms with E-state index in [0.717, 1.165) is 5.75 Å². The molecule has 0 spiro atoms. The maximum Gasteiger partial charge on any atom is 0.164 e. The zero-order valence-electron chi connectivity index (χ0n) is 10.6. The molecule has 0 radical (unpaired) electrons. The number of rotatable bonds is 6. The van der Waals surface area contributed by atoms with Gasteiger partial charge in [-0.1, -0.05) is 35.9 Å². The highest BCUT2D eigenvalue weighted by atomic mass is 35.5. The molecule has 0 aliphatic heterocycles. The molecule has 1 aromatic heterocycles. The van der Waals surface area contributed by atoms with Gasteiger partial charge in [0.1, 0.15) is 0 Å². The fourth-order valence-electron chi connectivity index (χ4n) is 1.81. The van der Waals surface area contributed by atoms with E-state index >= 15 is 4.39 Å². The van der Waals surface area contributed by atoms with Crippen molar-refractivity contribution in [2.45, 2.75) is 19.1 Å². The number of thioether (sulfide) groups is 1. The normalized spacial score (nSPS) is 14.3. The number of hydrogen-bond donors (Lipinski definition) is 0. The third kappa shape index (κ3) is 3.70. The van der Waals surface area contributed by atoms with Crippen LogP contribution < -0.4 is 0 Å². The number of aromatic nitrogens is 3. The van der Waals surface area contributed by atoms with E-state index in [0.29, 0.717) is 16.3 Å². The minimum absolute atomic E-state index is 0.154. The first-order chi connectivity index (χ1) is 9.14. The number of alkyl halides is 1. The Balaban J connectivity index is 2.25.